The van der Waals surface area contributed by atoms with Gasteiger partial charge in [-0.15, -0.1) is 0 Å². The van der Waals surface area contributed by atoms with Crippen LogP contribution in [-0.4, -0.2) is 65.3 Å². The van der Waals surface area contributed by atoms with Crippen molar-refractivity contribution in [3.63, 3.8) is 0 Å². The van der Waals surface area contributed by atoms with Crippen molar-refractivity contribution >= 4 is 15.7 Å². The molecule has 0 saturated carbocycles. The van der Waals surface area contributed by atoms with Crippen LogP contribution < -0.4 is 0 Å². The summed E-state index contributed by atoms with van der Waals surface area (Å²) in [5.41, 5.74) is -0.924. The van der Waals surface area contributed by atoms with Gasteiger partial charge in [0.25, 0.3) is 5.91 Å². The van der Waals surface area contributed by atoms with Gasteiger partial charge in [0.05, 0.1) is 32.0 Å². The molecule has 2 aliphatic heterocycles. The van der Waals surface area contributed by atoms with Crippen LogP contribution in [-0.2, 0) is 21.1 Å². The summed E-state index contributed by atoms with van der Waals surface area (Å²) in [6.07, 6.45) is 3.26. The van der Waals surface area contributed by atoms with Crippen molar-refractivity contribution in [3.05, 3.63) is 53.9 Å². The number of hydrogen-bond donors (Lipinski definition) is 0. The van der Waals surface area contributed by atoms with Crippen LogP contribution in [0.1, 0.15) is 10.4 Å². The molecule has 2 aromatic rings. The third kappa shape index (κ3) is 3.34. The van der Waals surface area contributed by atoms with E-state index in [1.165, 1.54) is 11.0 Å². The minimum atomic E-state index is -3.43. The van der Waals surface area contributed by atoms with Gasteiger partial charge >= 0.3 is 0 Å². The number of benzene rings is 1. The minimum Gasteiger partial charge on any atom is -0.369 e. The number of aromatic nitrogens is 2. The lowest BCUT2D eigenvalue weighted by atomic mass is 9.94. The van der Waals surface area contributed by atoms with Gasteiger partial charge in [-0.3, -0.25) is 9.48 Å². The van der Waals surface area contributed by atoms with Crippen molar-refractivity contribution in [2.24, 2.45) is 0 Å². The lowest BCUT2D eigenvalue weighted by Crippen LogP contribution is -2.70. The number of rotatable bonds is 3. The molecule has 2 saturated heterocycles. The van der Waals surface area contributed by atoms with Crippen LogP contribution in [0.3, 0.4) is 0 Å². The number of likely N-dealkylation sites (tertiary alicyclic amines) is 1. The molecule has 1 spiro atoms. The molecule has 0 aliphatic carbocycles. The highest BCUT2D eigenvalue weighted by Crippen LogP contribution is 2.34. The molecule has 1 atom stereocenters. The molecule has 0 N–H and O–H groups in total. The summed E-state index contributed by atoms with van der Waals surface area (Å²) in [4.78, 5) is 13.7. The van der Waals surface area contributed by atoms with E-state index in [-0.39, 0.29) is 37.6 Å². The van der Waals surface area contributed by atoms with Crippen molar-refractivity contribution in [3.8, 4) is 0 Å². The SMILES string of the molecule is O=C(c1ccc(F)c(F)c1)N1CC2(C1)CS(=O)(=O)[C@@H](Cn1cccn1)CO2. The molecule has 144 valence electrons. The number of carbonyl (C=O) groups excluding carboxylic acids is 1. The zero-order valence-corrected chi connectivity index (χ0v) is 15.0. The molecule has 0 radical (unpaired) electrons. The second kappa shape index (κ2) is 6.38. The zero-order valence-electron chi connectivity index (χ0n) is 14.2. The van der Waals surface area contributed by atoms with E-state index in [0.29, 0.717) is 0 Å². The summed E-state index contributed by atoms with van der Waals surface area (Å²) in [6, 6.07) is 4.64. The van der Waals surface area contributed by atoms with Gasteiger partial charge in [0, 0.05) is 18.0 Å². The van der Waals surface area contributed by atoms with E-state index in [1.54, 1.807) is 23.1 Å². The molecule has 1 aromatic heterocycles. The smallest absolute Gasteiger partial charge is 0.254 e. The predicted molar refractivity (Wildman–Crippen MR) is 90.7 cm³/mol. The van der Waals surface area contributed by atoms with Crippen molar-refractivity contribution in [1.29, 1.82) is 0 Å². The summed E-state index contributed by atoms with van der Waals surface area (Å²) in [6.45, 7) is 0.426. The fraction of sp³-hybridized carbons (Fsp3) is 0.412. The largest absolute Gasteiger partial charge is 0.369 e. The van der Waals surface area contributed by atoms with E-state index in [0.717, 1.165) is 12.1 Å². The lowest BCUT2D eigenvalue weighted by Gasteiger charge is -2.52. The first-order valence-electron chi connectivity index (χ1n) is 8.35. The summed E-state index contributed by atoms with van der Waals surface area (Å²) < 4.78 is 58.9. The Morgan fingerprint density at radius 1 is 1.30 bits per heavy atom. The monoisotopic (exact) mass is 397 g/mol. The molecular formula is C17H17F2N3O4S. The Hall–Kier alpha value is -2.33. The van der Waals surface area contributed by atoms with Crippen molar-refractivity contribution in [2.75, 3.05) is 25.4 Å². The topological polar surface area (TPSA) is 81.5 Å². The second-order valence-electron chi connectivity index (χ2n) is 6.94. The maximum absolute atomic E-state index is 13.3. The highest BCUT2D eigenvalue weighted by atomic mass is 32.2. The molecule has 1 amide bonds. The molecule has 7 nitrogen and oxygen atoms in total. The summed E-state index contributed by atoms with van der Waals surface area (Å²) >= 11 is 0. The van der Waals surface area contributed by atoms with Gasteiger partial charge in [-0.2, -0.15) is 5.10 Å². The molecular weight excluding hydrogens is 380 g/mol. The van der Waals surface area contributed by atoms with E-state index in [1.807, 2.05) is 0 Å². The summed E-state index contributed by atoms with van der Waals surface area (Å²) in [7, 11) is -3.43. The molecule has 4 rings (SSSR count). The minimum absolute atomic E-state index is 0.0129. The first-order valence-corrected chi connectivity index (χ1v) is 10.1. The van der Waals surface area contributed by atoms with Gasteiger partial charge in [-0.05, 0) is 24.3 Å². The Kier molecular flexibility index (Phi) is 4.26. The molecule has 10 heteroatoms. The molecule has 2 fully saturated rings. The second-order valence-corrected chi connectivity index (χ2v) is 9.22. The number of carbonyl (C=O) groups is 1. The number of amides is 1. The maximum Gasteiger partial charge on any atom is 0.254 e. The van der Waals surface area contributed by atoms with Crippen LogP contribution in [0, 0.1) is 11.6 Å². The third-order valence-corrected chi connectivity index (χ3v) is 7.14. The predicted octanol–water partition coefficient (Wildman–Crippen LogP) is 0.870. The van der Waals surface area contributed by atoms with E-state index in [4.69, 9.17) is 4.74 Å². The average Bonchev–Trinajstić information content (AvgIpc) is 3.09. The average molecular weight is 397 g/mol. The van der Waals surface area contributed by atoms with Gasteiger partial charge in [-0.25, -0.2) is 17.2 Å². The maximum atomic E-state index is 13.3. The number of ether oxygens (including phenoxy) is 1. The van der Waals surface area contributed by atoms with Crippen molar-refractivity contribution < 1.29 is 26.7 Å². The van der Waals surface area contributed by atoms with Gasteiger partial charge in [0.1, 0.15) is 10.9 Å². The molecule has 0 bridgehead atoms. The van der Waals surface area contributed by atoms with Crippen LogP contribution in [0.4, 0.5) is 8.78 Å². The zero-order chi connectivity index (χ0) is 19.2. The normalized spacial score (nSPS) is 23.2. The fourth-order valence-electron chi connectivity index (χ4n) is 3.47. The third-order valence-electron chi connectivity index (χ3n) is 4.91. The lowest BCUT2D eigenvalue weighted by molar-refractivity contribution is -0.121. The summed E-state index contributed by atoms with van der Waals surface area (Å²) in [5, 5.41) is 3.32. The molecule has 0 unspecified atom stereocenters. The Bertz CT molecular complexity index is 972. The highest BCUT2D eigenvalue weighted by Gasteiger charge is 2.53. The Balaban J connectivity index is 1.41. The number of halogens is 2. The van der Waals surface area contributed by atoms with Crippen LogP contribution in [0.25, 0.3) is 0 Å². The van der Waals surface area contributed by atoms with E-state index in [9.17, 15) is 22.0 Å². The van der Waals surface area contributed by atoms with Gasteiger partial charge < -0.3 is 9.64 Å². The quantitative estimate of drug-likeness (QED) is 0.768. The Morgan fingerprint density at radius 3 is 2.70 bits per heavy atom. The van der Waals surface area contributed by atoms with Gasteiger partial charge in [0.2, 0.25) is 0 Å². The standard InChI is InChI=1S/C17H17F2N3O4S/c18-14-3-2-12(6-15(14)19)16(23)21-9-17(10-21)11-27(24,25)13(8-26-17)7-22-5-1-4-20-22/h1-6,13H,7-11H2/t13-/m0/s1. The molecule has 2 aliphatic rings. The van der Waals surface area contributed by atoms with Crippen LogP contribution in [0.15, 0.2) is 36.7 Å². The van der Waals surface area contributed by atoms with Gasteiger partial charge in [-0.1, -0.05) is 0 Å². The Morgan fingerprint density at radius 2 is 2.07 bits per heavy atom. The molecule has 3 heterocycles. The molecule has 1 aromatic carbocycles. The van der Waals surface area contributed by atoms with Crippen molar-refractivity contribution in [2.45, 2.75) is 17.4 Å². The van der Waals surface area contributed by atoms with Crippen LogP contribution in [0.2, 0.25) is 0 Å². The Labute approximate surface area is 154 Å². The first-order chi connectivity index (χ1) is 12.8. The van der Waals surface area contributed by atoms with E-state index >= 15 is 0 Å². The first kappa shape index (κ1) is 18.1. The summed E-state index contributed by atoms with van der Waals surface area (Å²) in [5.74, 6) is -2.81. The number of sulfone groups is 1. The van der Waals surface area contributed by atoms with E-state index in [2.05, 4.69) is 5.10 Å². The van der Waals surface area contributed by atoms with Crippen LogP contribution in [0.5, 0.6) is 0 Å². The van der Waals surface area contributed by atoms with E-state index < -0.39 is 38.2 Å². The van der Waals surface area contributed by atoms with Gasteiger partial charge in [0.15, 0.2) is 21.5 Å². The number of hydrogen-bond acceptors (Lipinski definition) is 5. The highest BCUT2D eigenvalue weighted by molar-refractivity contribution is 7.92. The number of nitrogens with zero attached hydrogens (tertiary/aromatic N) is 3. The fourth-order valence-corrected chi connectivity index (χ4v) is 5.36. The molecule has 27 heavy (non-hydrogen) atoms. The van der Waals surface area contributed by atoms with Crippen molar-refractivity contribution in [1.82, 2.24) is 14.7 Å². The van der Waals surface area contributed by atoms with Crippen LogP contribution >= 0.6 is 0 Å².